The summed E-state index contributed by atoms with van der Waals surface area (Å²) in [5.74, 6) is 5.95. The molecule has 0 aliphatic carbocycles. The maximum Gasteiger partial charge on any atom is 0.284 e. The molecule has 3 aromatic heterocycles. The molecule has 18 heavy (non-hydrogen) atoms. The van der Waals surface area contributed by atoms with E-state index in [1.54, 1.807) is 0 Å². The van der Waals surface area contributed by atoms with Crippen molar-refractivity contribution in [3.8, 4) is 22.8 Å². The fourth-order valence-corrected chi connectivity index (χ4v) is 1.69. The number of nitrogens with two attached hydrogens (primary N) is 1. The molecule has 0 atom stereocenters. The van der Waals surface area contributed by atoms with Gasteiger partial charge in [0.25, 0.3) is 11.4 Å². The highest BCUT2D eigenvalue weighted by atomic mass is 16.8. The second kappa shape index (κ2) is 2.80. The van der Waals surface area contributed by atoms with Crippen LogP contribution in [0.4, 0.5) is 11.6 Å². The summed E-state index contributed by atoms with van der Waals surface area (Å²) < 4.78 is 13.6. The molecule has 0 bridgehead atoms. The smallest absolute Gasteiger partial charge is 0.284 e. The molecule has 0 saturated carbocycles. The lowest BCUT2D eigenvalue weighted by Crippen LogP contribution is -2.28. The molecule has 4 rings (SSSR count). The highest BCUT2D eigenvalue weighted by Gasteiger charge is 2.40. The van der Waals surface area contributed by atoms with Crippen LogP contribution in [0.15, 0.2) is 13.9 Å². The number of hydrogen-bond donors (Lipinski definition) is 1. The van der Waals surface area contributed by atoms with E-state index in [1.165, 1.54) is 0 Å². The normalized spacial score (nSPS) is 12.8. The molecule has 1 aliphatic heterocycles. The second-order valence-electron chi connectivity index (χ2n) is 3.37. The van der Waals surface area contributed by atoms with Crippen LogP contribution in [0.2, 0.25) is 0 Å². The van der Waals surface area contributed by atoms with Gasteiger partial charge in [0.15, 0.2) is 0 Å². The molecule has 0 fully saturated rings. The van der Waals surface area contributed by atoms with Crippen molar-refractivity contribution in [2.24, 2.45) is 5.84 Å². The van der Waals surface area contributed by atoms with Crippen LogP contribution < -0.4 is 15.8 Å². The van der Waals surface area contributed by atoms with Crippen LogP contribution in [0.3, 0.4) is 0 Å². The monoisotopic (exact) mass is 250 g/mol. The minimum absolute atomic E-state index is 0.0313. The minimum atomic E-state index is -0.0313. The summed E-state index contributed by atoms with van der Waals surface area (Å²) in [6.45, 7) is 0. The third-order valence-electron chi connectivity index (χ3n) is 2.46. The SMILES string of the molecule is NN1c2nonc2-c2no[n+]([O-])c2-c2nonc21. The molecule has 0 amide bonds. The van der Waals surface area contributed by atoms with E-state index < -0.39 is 0 Å². The standard InChI is InChI=1S/C6H2N8O4/c7-13-5-2(8-16-11-5)1-4(14(15)18-10-1)3-6(13)12-17-9-3/h7H2. The Labute approximate surface area is 96.0 Å². The summed E-state index contributed by atoms with van der Waals surface area (Å²) in [5, 5.41) is 30.5. The van der Waals surface area contributed by atoms with Gasteiger partial charge in [0.2, 0.25) is 23.0 Å². The third kappa shape index (κ3) is 0.881. The summed E-state index contributed by atoms with van der Waals surface area (Å²) in [5.41, 5.74) is 0.275. The number of aromatic nitrogens is 6. The Morgan fingerprint density at radius 3 is 2.39 bits per heavy atom. The first-order valence-corrected chi connectivity index (χ1v) is 4.58. The average Bonchev–Trinajstić information content (AvgIpc) is 3.03. The number of fused-ring (bicyclic) bond motifs is 5. The van der Waals surface area contributed by atoms with Crippen molar-refractivity contribution in [2.45, 2.75) is 0 Å². The predicted octanol–water partition coefficient (Wildman–Crippen LogP) is -1.27. The number of hydrazine groups is 1. The van der Waals surface area contributed by atoms with Crippen LogP contribution in [0.1, 0.15) is 0 Å². The number of rotatable bonds is 0. The van der Waals surface area contributed by atoms with E-state index in [4.69, 9.17) is 5.84 Å². The fourth-order valence-electron chi connectivity index (χ4n) is 1.69. The van der Waals surface area contributed by atoms with Gasteiger partial charge in [0.05, 0.1) is 0 Å². The minimum Gasteiger partial charge on any atom is -0.359 e. The zero-order chi connectivity index (χ0) is 12.3. The van der Waals surface area contributed by atoms with E-state index in [0.29, 0.717) is 0 Å². The van der Waals surface area contributed by atoms with E-state index in [-0.39, 0.29) is 39.3 Å². The lowest BCUT2D eigenvalue weighted by molar-refractivity contribution is -0.793. The van der Waals surface area contributed by atoms with Crippen LogP contribution in [-0.2, 0) is 0 Å². The Morgan fingerprint density at radius 2 is 1.61 bits per heavy atom. The van der Waals surface area contributed by atoms with E-state index in [1.807, 2.05) is 0 Å². The largest absolute Gasteiger partial charge is 0.359 e. The topological polar surface area (TPSA) is 160 Å². The third-order valence-corrected chi connectivity index (χ3v) is 2.46. The summed E-state index contributed by atoms with van der Waals surface area (Å²) in [7, 11) is 0. The van der Waals surface area contributed by atoms with Gasteiger partial charge in [-0.05, 0) is 25.5 Å². The molecule has 0 saturated heterocycles. The first-order chi connectivity index (χ1) is 8.77. The molecule has 12 nitrogen and oxygen atoms in total. The Hall–Kier alpha value is -3.02. The molecule has 0 radical (unpaired) electrons. The van der Waals surface area contributed by atoms with Crippen LogP contribution in [0, 0.1) is 5.21 Å². The maximum absolute atomic E-state index is 11.6. The molecule has 0 unspecified atom stereocenters. The van der Waals surface area contributed by atoms with Gasteiger partial charge in [0, 0.05) is 5.16 Å². The molecule has 0 spiro atoms. The highest BCUT2D eigenvalue weighted by molar-refractivity contribution is 5.88. The highest BCUT2D eigenvalue weighted by Crippen LogP contribution is 2.40. The average molecular weight is 250 g/mol. The molecular formula is C6H2N8O4. The van der Waals surface area contributed by atoms with Gasteiger partial charge in [-0.3, -0.25) is 4.63 Å². The zero-order valence-electron chi connectivity index (χ0n) is 8.34. The van der Waals surface area contributed by atoms with Crippen LogP contribution in [-0.4, -0.2) is 25.8 Å². The first kappa shape index (κ1) is 9.06. The Balaban J connectivity index is 2.17. The van der Waals surface area contributed by atoms with Gasteiger partial charge in [-0.15, -0.1) is 0 Å². The Morgan fingerprint density at radius 1 is 0.944 bits per heavy atom. The summed E-state index contributed by atoms with van der Waals surface area (Å²) >= 11 is 0. The first-order valence-electron chi connectivity index (χ1n) is 4.58. The van der Waals surface area contributed by atoms with Crippen molar-refractivity contribution in [2.75, 3.05) is 5.01 Å². The Kier molecular flexibility index (Phi) is 1.41. The number of anilines is 2. The van der Waals surface area contributed by atoms with E-state index in [2.05, 4.69) is 39.7 Å². The van der Waals surface area contributed by atoms with Crippen molar-refractivity contribution < 1.29 is 18.8 Å². The van der Waals surface area contributed by atoms with Crippen LogP contribution in [0.5, 0.6) is 0 Å². The quantitative estimate of drug-likeness (QED) is 0.374. The number of nitrogens with zero attached hydrogens (tertiary/aromatic N) is 7. The van der Waals surface area contributed by atoms with Gasteiger partial charge in [-0.25, -0.2) is 20.1 Å². The maximum atomic E-state index is 11.6. The summed E-state index contributed by atoms with van der Waals surface area (Å²) in [6, 6.07) is 0. The zero-order valence-corrected chi connectivity index (χ0v) is 8.34. The summed E-state index contributed by atoms with van der Waals surface area (Å²) in [4.78, 5) is 0.149. The molecule has 0 aromatic carbocycles. The lowest BCUT2D eigenvalue weighted by Gasteiger charge is -2.08. The van der Waals surface area contributed by atoms with E-state index in [0.717, 1.165) is 5.01 Å². The predicted molar refractivity (Wildman–Crippen MR) is 48.4 cm³/mol. The molecule has 1 aliphatic rings. The molecule has 3 aromatic rings. The van der Waals surface area contributed by atoms with Crippen molar-refractivity contribution in [1.29, 1.82) is 0 Å². The van der Waals surface area contributed by atoms with Crippen LogP contribution in [0.25, 0.3) is 22.8 Å². The lowest BCUT2D eigenvalue weighted by atomic mass is 10.2. The second-order valence-corrected chi connectivity index (χ2v) is 3.37. The fraction of sp³-hybridized carbons (Fsp3) is 0. The van der Waals surface area contributed by atoms with Gasteiger partial charge < -0.3 is 5.21 Å². The van der Waals surface area contributed by atoms with Crippen molar-refractivity contribution in [3.05, 3.63) is 5.21 Å². The Bertz CT molecular complexity index is 742. The van der Waals surface area contributed by atoms with Crippen molar-refractivity contribution >= 4 is 11.6 Å². The van der Waals surface area contributed by atoms with Crippen molar-refractivity contribution in [1.82, 2.24) is 25.8 Å². The van der Waals surface area contributed by atoms with Gasteiger partial charge in [-0.1, -0.05) is 0 Å². The van der Waals surface area contributed by atoms with Crippen LogP contribution >= 0.6 is 0 Å². The molecule has 12 heteroatoms. The van der Waals surface area contributed by atoms with Crippen molar-refractivity contribution in [3.63, 3.8) is 0 Å². The van der Waals surface area contributed by atoms with E-state index in [9.17, 15) is 5.21 Å². The summed E-state index contributed by atoms with van der Waals surface area (Å²) in [6.07, 6.45) is 0. The molecular weight excluding hydrogens is 248 g/mol. The molecule has 4 heterocycles. The number of hydrogen-bond acceptors (Lipinski definition) is 11. The van der Waals surface area contributed by atoms with Gasteiger partial charge in [0.1, 0.15) is 0 Å². The molecule has 90 valence electrons. The van der Waals surface area contributed by atoms with Gasteiger partial charge in [-0.2, -0.15) is 0 Å². The van der Waals surface area contributed by atoms with E-state index >= 15 is 0 Å². The van der Waals surface area contributed by atoms with Gasteiger partial charge >= 0.3 is 0 Å². The molecule has 2 N–H and O–H groups in total.